The van der Waals surface area contributed by atoms with E-state index in [0.29, 0.717) is 24.3 Å². The molecule has 0 saturated heterocycles. The van der Waals surface area contributed by atoms with Crippen molar-refractivity contribution in [3.8, 4) is 5.88 Å². The number of benzene rings is 1. The number of aromatic nitrogens is 1. The molecule has 43 heavy (non-hydrogen) atoms. The maximum atomic E-state index is 14.2. The van der Waals surface area contributed by atoms with Crippen molar-refractivity contribution < 1.29 is 14.7 Å². The third kappa shape index (κ3) is 9.72. The Balaban J connectivity index is 2.52. The molecular weight excluding hydrogens is 546 g/mol. The Labute approximate surface area is 256 Å². The average molecular weight is 598 g/mol. The molecule has 0 aliphatic carbocycles. The molecule has 2 atom stereocenters. The number of amides is 2. The van der Waals surface area contributed by atoms with Gasteiger partial charge in [0.1, 0.15) is 5.56 Å². The SMILES string of the molecule is CCCCNC(CC)CN(CC(CC)NCCCC)C(=O)c1ccccc1N=Nc1c(C)c(C(N)=O)c(O)n(CC)c1=O. The number of hydrogen-bond acceptors (Lipinski definition) is 8. The summed E-state index contributed by atoms with van der Waals surface area (Å²) in [5.41, 5.74) is 5.37. The number of carbonyl (C=O) groups is 2. The molecule has 0 saturated carbocycles. The fourth-order valence-corrected chi connectivity index (χ4v) is 4.94. The summed E-state index contributed by atoms with van der Waals surface area (Å²) in [5, 5.41) is 26.2. The fraction of sp³-hybridized carbons (Fsp3) is 0.594. The summed E-state index contributed by atoms with van der Waals surface area (Å²) < 4.78 is 1.02. The molecule has 5 N–H and O–H groups in total. The first-order valence-electron chi connectivity index (χ1n) is 15.7. The van der Waals surface area contributed by atoms with Gasteiger partial charge in [-0.15, -0.1) is 10.2 Å². The molecule has 1 aromatic carbocycles. The largest absolute Gasteiger partial charge is 0.494 e. The Kier molecular flexibility index (Phi) is 15.1. The second-order valence-electron chi connectivity index (χ2n) is 10.8. The Morgan fingerprint density at radius 3 is 2.00 bits per heavy atom. The number of rotatable bonds is 19. The number of nitrogens with zero attached hydrogens (tertiary/aromatic N) is 4. The number of unbranched alkanes of at least 4 members (excludes halogenated alkanes) is 2. The van der Waals surface area contributed by atoms with E-state index in [0.717, 1.165) is 56.2 Å². The molecule has 0 aliphatic rings. The number of carbonyl (C=O) groups excluding carboxylic acids is 2. The summed E-state index contributed by atoms with van der Waals surface area (Å²) in [4.78, 5) is 41.2. The number of hydrogen-bond donors (Lipinski definition) is 4. The van der Waals surface area contributed by atoms with Crippen LogP contribution in [-0.2, 0) is 6.54 Å². The van der Waals surface area contributed by atoms with Crippen LogP contribution in [0.15, 0.2) is 39.3 Å². The minimum absolute atomic E-state index is 0.105. The first-order chi connectivity index (χ1) is 20.6. The maximum absolute atomic E-state index is 14.2. The van der Waals surface area contributed by atoms with Gasteiger partial charge in [-0.2, -0.15) is 0 Å². The smallest absolute Gasteiger partial charge is 0.281 e. The van der Waals surface area contributed by atoms with Crippen molar-refractivity contribution in [2.24, 2.45) is 16.0 Å². The maximum Gasteiger partial charge on any atom is 0.281 e. The first kappa shape index (κ1) is 35.6. The van der Waals surface area contributed by atoms with Crippen LogP contribution in [0.2, 0.25) is 0 Å². The molecule has 2 rings (SSSR count). The van der Waals surface area contributed by atoms with Gasteiger partial charge in [0.2, 0.25) is 5.88 Å². The van der Waals surface area contributed by atoms with Gasteiger partial charge in [0, 0.05) is 37.3 Å². The number of azo groups is 1. The lowest BCUT2D eigenvalue weighted by molar-refractivity contribution is 0.0718. The van der Waals surface area contributed by atoms with Gasteiger partial charge < -0.3 is 26.4 Å². The van der Waals surface area contributed by atoms with Gasteiger partial charge >= 0.3 is 0 Å². The van der Waals surface area contributed by atoms with Gasteiger partial charge in [0.05, 0.1) is 11.3 Å². The van der Waals surface area contributed by atoms with Gasteiger partial charge in [-0.3, -0.25) is 19.0 Å². The first-order valence-corrected chi connectivity index (χ1v) is 15.7. The summed E-state index contributed by atoms with van der Waals surface area (Å²) in [6, 6.07) is 7.18. The van der Waals surface area contributed by atoms with Gasteiger partial charge in [-0.1, -0.05) is 52.7 Å². The van der Waals surface area contributed by atoms with Gasteiger partial charge in [-0.05, 0) is 64.8 Å². The Bertz CT molecular complexity index is 1270. The number of pyridine rings is 1. The molecule has 2 unspecified atom stereocenters. The second kappa shape index (κ2) is 18.2. The van der Waals surface area contributed by atoms with E-state index >= 15 is 0 Å². The quantitative estimate of drug-likeness (QED) is 0.129. The third-order valence-electron chi connectivity index (χ3n) is 7.69. The highest BCUT2D eigenvalue weighted by molar-refractivity contribution is 5.99. The zero-order valence-corrected chi connectivity index (χ0v) is 26.8. The summed E-state index contributed by atoms with van der Waals surface area (Å²) in [5.74, 6) is -1.55. The van der Waals surface area contributed by atoms with Crippen LogP contribution in [0.5, 0.6) is 5.88 Å². The Hall–Kier alpha value is -3.57. The highest BCUT2D eigenvalue weighted by atomic mass is 16.3. The summed E-state index contributed by atoms with van der Waals surface area (Å²) >= 11 is 0. The summed E-state index contributed by atoms with van der Waals surface area (Å²) in [6.45, 7) is 14.7. The van der Waals surface area contributed by atoms with Crippen LogP contribution in [0.25, 0.3) is 0 Å². The minimum atomic E-state index is -0.879. The van der Waals surface area contributed by atoms with Crippen LogP contribution >= 0.6 is 0 Å². The van der Waals surface area contributed by atoms with Crippen LogP contribution in [0, 0.1) is 6.92 Å². The topological polar surface area (TPSA) is 154 Å². The van der Waals surface area contributed by atoms with E-state index in [1.807, 2.05) is 4.90 Å². The zero-order valence-electron chi connectivity index (χ0n) is 26.8. The Morgan fingerprint density at radius 1 is 0.953 bits per heavy atom. The molecule has 0 aliphatic heterocycles. The number of primary amides is 1. The number of aromatic hydroxyl groups is 1. The van der Waals surface area contributed by atoms with Crippen molar-refractivity contribution in [3.63, 3.8) is 0 Å². The zero-order chi connectivity index (χ0) is 31.9. The normalized spacial score (nSPS) is 12.9. The predicted octanol–water partition coefficient (Wildman–Crippen LogP) is 5.18. The van der Waals surface area contributed by atoms with Gasteiger partial charge in [0.15, 0.2) is 5.69 Å². The van der Waals surface area contributed by atoms with Crippen LogP contribution in [0.4, 0.5) is 11.4 Å². The molecule has 11 heteroatoms. The minimum Gasteiger partial charge on any atom is -0.494 e. The third-order valence-corrected chi connectivity index (χ3v) is 7.69. The van der Waals surface area contributed by atoms with Gasteiger partial charge in [0.25, 0.3) is 17.4 Å². The molecule has 2 aromatic rings. The molecule has 2 amide bonds. The molecule has 0 fully saturated rings. The number of nitrogens with one attached hydrogen (secondary N) is 2. The summed E-state index contributed by atoms with van der Waals surface area (Å²) in [6.07, 6.45) is 6.07. The van der Waals surface area contributed by atoms with Crippen LogP contribution in [0.1, 0.15) is 99.4 Å². The van der Waals surface area contributed by atoms with E-state index in [1.165, 1.54) is 6.92 Å². The van der Waals surface area contributed by atoms with E-state index < -0.39 is 17.3 Å². The molecule has 1 heterocycles. The lowest BCUT2D eigenvalue weighted by atomic mass is 10.1. The van der Waals surface area contributed by atoms with Crippen molar-refractivity contribution in [3.05, 3.63) is 51.3 Å². The Morgan fingerprint density at radius 2 is 1.51 bits per heavy atom. The molecule has 1 aromatic heterocycles. The predicted molar refractivity (Wildman–Crippen MR) is 172 cm³/mol. The molecule has 238 valence electrons. The molecular formula is C32H51N7O4. The molecule has 0 spiro atoms. The lowest BCUT2D eigenvalue weighted by Gasteiger charge is -2.32. The van der Waals surface area contributed by atoms with Crippen LogP contribution in [0.3, 0.4) is 0 Å². The monoisotopic (exact) mass is 597 g/mol. The number of nitrogens with two attached hydrogens (primary N) is 1. The summed E-state index contributed by atoms with van der Waals surface area (Å²) in [7, 11) is 0. The van der Waals surface area contributed by atoms with E-state index in [2.05, 4.69) is 48.6 Å². The standard InChI is InChI=1S/C32H51N7O4/c1-7-12-18-34-23(9-3)20-38(21-24(10-4)35-19-13-8-2)30(41)25-16-14-15-17-26(25)36-37-28-22(6)27(29(33)40)31(42)39(11-5)32(28)43/h14-17,23-24,34-35,42H,7-13,18-21H2,1-6H3,(H2,33,40). The van der Waals surface area contributed by atoms with Crippen molar-refractivity contribution in [1.29, 1.82) is 0 Å². The fourth-order valence-electron chi connectivity index (χ4n) is 4.94. The van der Waals surface area contributed by atoms with E-state index in [9.17, 15) is 19.5 Å². The molecule has 0 bridgehead atoms. The highest BCUT2D eigenvalue weighted by Gasteiger charge is 2.25. The van der Waals surface area contributed by atoms with Crippen LogP contribution < -0.4 is 21.9 Å². The van der Waals surface area contributed by atoms with Crippen molar-refractivity contribution in [2.45, 2.75) is 98.7 Å². The van der Waals surface area contributed by atoms with Gasteiger partial charge in [-0.25, -0.2) is 0 Å². The molecule has 11 nitrogen and oxygen atoms in total. The highest BCUT2D eigenvalue weighted by Crippen LogP contribution is 2.28. The lowest BCUT2D eigenvalue weighted by Crippen LogP contribution is -2.49. The average Bonchev–Trinajstić information content (AvgIpc) is 2.99. The van der Waals surface area contributed by atoms with E-state index in [1.54, 1.807) is 31.2 Å². The van der Waals surface area contributed by atoms with E-state index in [4.69, 9.17) is 5.73 Å². The van der Waals surface area contributed by atoms with Crippen molar-refractivity contribution in [1.82, 2.24) is 20.1 Å². The van der Waals surface area contributed by atoms with E-state index in [-0.39, 0.29) is 41.3 Å². The molecule has 0 radical (unpaired) electrons. The van der Waals surface area contributed by atoms with Crippen LogP contribution in [-0.4, -0.2) is 64.7 Å². The second-order valence-corrected chi connectivity index (χ2v) is 10.8. The van der Waals surface area contributed by atoms with Crippen molar-refractivity contribution >= 4 is 23.2 Å². The van der Waals surface area contributed by atoms with Crippen molar-refractivity contribution in [2.75, 3.05) is 26.2 Å².